The number of hydrogen-bond donors (Lipinski definition) is 1. The average Bonchev–Trinajstić information content (AvgIpc) is 2.80. The van der Waals surface area contributed by atoms with E-state index in [0.717, 1.165) is 28.3 Å². The van der Waals surface area contributed by atoms with E-state index in [0.29, 0.717) is 32.6 Å². The minimum Gasteiger partial charge on any atom is -0.497 e. The summed E-state index contributed by atoms with van der Waals surface area (Å²) >= 11 is 0. The molecule has 2 aromatic carbocycles. The highest BCUT2D eigenvalue weighted by Crippen LogP contribution is 2.27. The van der Waals surface area contributed by atoms with Crippen LogP contribution in [0.25, 0.3) is 11.3 Å². The van der Waals surface area contributed by atoms with Crippen LogP contribution in [0.3, 0.4) is 0 Å². The molecule has 3 aromatic rings. The first-order valence-corrected chi connectivity index (χ1v) is 9.95. The van der Waals surface area contributed by atoms with Crippen LogP contribution in [-0.4, -0.2) is 54.3 Å². The molecule has 1 N–H and O–H groups in total. The average molecular weight is 404 g/mol. The van der Waals surface area contributed by atoms with Crippen LogP contribution in [0.5, 0.6) is 5.75 Å². The van der Waals surface area contributed by atoms with Gasteiger partial charge in [0.15, 0.2) is 0 Å². The molecule has 1 fully saturated rings. The highest BCUT2D eigenvalue weighted by atomic mass is 16.5. The molecule has 2 heterocycles. The van der Waals surface area contributed by atoms with E-state index in [4.69, 9.17) is 4.74 Å². The predicted molar refractivity (Wildman–Crippen MR) is 116 cm³/mol. The van der Waals surface area contributed by atoms with Gasteiger partial charge in [0, 0.05) is 37.8 Å². The van der Waals surface area contributed by atoms with E-state index in [2.05, 4.69) is 15.1 Å². The van der Waals surface area contributed by atoms with Crippen molar-refractivity contribution < 1.29 is 9.53 Å². The molecule has 0 bridgehead atoms. The lowest BCUT2D eigenvalue weighted by molar-refractivity contribution is -0.130. The molecule has 0 saturated carbocycles. The summed E-state index contributed by atoms with van der Waals surface area (Å²) in [5.41, 5.74) is 3.22. The normalized spacial score (nSPS) is 13.9. The zero-order chi connectivity index (χ0) is 20.9. The van der Waals surface area contributed by atoms with Gasteiger partial charge < -0.3 is 14.5 Å². The third kappa shape index (κ3) is 4.35. The summed E-state index contributed by atoms with van der Waals surface area (Å²) < 4.78 is 5.16. The van der Waals surface area contributed by atoms with Crippen molar-refractivity contribution in [1.29, 1.82) is 0 Å². The number of nitrogens with one attached hydrogen (secondary N) is 1. The quantitative estimate of drug-likeness (QED) is 0.706. The number of piperazine rings is 1. The third-order valence-corrected chi connectivity index (χ3v) is 5.32. The molecule has 7 heteroatoms. The van der Waals surface area contributed by atoms with Crippen LogP contribution in [0.4, 0.5) is 5.69 Å². The molecule has 1 aliphatic heterocycles. The van der Waals surface area contributed by atoms with Gasteiger partial charge in [0.25, 0.3) is 5.56 Å². The first-order valence-electron chi connectivity index (χ1n) is 9.95. The minimum absolute atomic E-state index is 0.104. The van der Waals surface area contributed by atoms with Crippen molar-refractivity contribution in [2.45, 2.75) is 6.42 Å². The molecule has 1 amide bonds. The molecule has 0 atom stereocenters. The SMILES string of the molecule is COc1ccc(CC(=O)N2CCN(c3cc(=O)[nH]nc3-c3ccccc3)CC2)cc1. The Morgan fingerprint density at radius 1 is 1.03 bits per heavy atom. The Morgan fingerprint density at radius 3 is 2.40 bits per heavy atom. The van der Waals surface area contributed by atoms with Crippen molar-refractivity contribution in [3.8, 4) is 17.0 Å². The van der Waals surface area contributed by atoms with Crippen LogP contribution in [-0.2, 0) is 11.2 Å². The molecule has 1 aliphatic rings. The van der Waals surface area contributed by atoms with Crippen LogP contribution < -0.4 is 15.2 Å². The van der Waals surface area contributed by atoms with Gasteiger partial charge in [-0.1, -0.05) is 42.5 Å². The summed E-state index contributed by atoms with van der Waals surface area (Å²) in [6.07, 6.45) is 0.367. The number of aromatic nitrogens is 2. The van der Waals surface area contributed by atoms with Crippen molar-refractivity contribution in [3.63, 3.8) is 0 Å². The summed E-state index contributed by atoms with van der Waals surface area (Å²) in [5.74, 6) is 0.882. The second-order valence-corrected chi connectivity index (χ2v) is 7.22. The number of carbonyl (C=O) groups is 1. The van der Waals surface area contributed by atoms with Gasteiger partial charge in [0.2, 0.25) is 5.91 Å². The second-order valence-electron chi connectivity index (χ2n) is 7.22. The van der Waals surface area contributed by atoms with Gasteiger partial charge in [0.1, 0.15) is 11.4 Å². The third-order valence-electron chi connectivity index (χ3n) is 5.32. The zero-order valence-corrected chi connectivity index (χ0v) is 16.9. The molecule has 7 nitrogen and oxygen atoms in total. The van der Waals surface area contributed by atoms with E-state index in [1.165, 1.54) is 0 Å². The molecule has 0 unspecified atom stereocenters. The standard InChI is InChI=1S/C23H24N4O3/c1-30-19-9-7-17(8-10-19)15-22(29)27-13-11-26(12-14-27)20-16-21(28)24-25-23(20)18-5-3-2-4-6-18/h2-10,16H,11-15H2,1H3,(H,24,28). The lowest BCUT2D eigenvalue weighted by Gasteiger charge is -2.36. The Balaban J connectivity index is 1.44. The fraction of sp³-hybridized carbons (Fsp3) is 0.261. The highest BCUT2D eigenvalue weighted by molar-refractivity contribution is 5.79. The summed E-state index contributed by atoms with van der Waals surface area (Å²) in [4.78, 5) is 28.6. The molecule has 0 radical (unpaired) electrons. The summed E-state index contributed by atoms with van der Waals surface area (Å²) in [6, 6.07) is 18.9. The largest absolute Gasteiger partial charge is 0.497 e. The van der Waals surface area contributed by atoms with Gasteiger partial charge >= 0.3 is 0 Å². The molecular formula is C23H24N4O3. The van der Waals surface area contributed by atoms with Gasteiger partial charge in [-0.3, -0.25) is 9.59 Å². The van der Waals surface area contributed by atoms with E-state index in [-0.39, 0.29) is 11.5 Å². The number of hydrogen-bond acceptors (Lipinski definition) is 5. The number of amides is 1. The number of nitrogens with zero attached hydrogens (tertiary/aromatic N) is 3. The fourth-order valence-corrected chi connectivity index (χ4v) is 3.67. The first-order chi connectivity index (χ1) is 14.6. The Labute approximate surface area is 174 Å². The van der Waals surface area contributed by atoms with Crippen LogP contribution in [0.15, 0.2) is 65.5 Å². The molecule has 4 rings (SSSR count). The summed E-state index contributed by atoms with van der Waals surface area (Å²) in [7, 11) is 1.62. The molecule has 0 spiro atoms. The molecular weight excluding hydrogens is 380 g/mol. The van der Waals surface area contributed by atoms with Crippen molar-refractivity contribution in [2.24, 2.45) is 0 Å². The van der Waals surface area contributed by atoms with Gasteiger partial charge in [0.05, 0.1) is 19.2 Å². The Morgan fingerprint density at radius 2 is 1.73 bits per heavy atom. The highest BCUT2D eigenvalue weighted by Gasteiger charge is 2.24. The van der Waals surface area contributed by atoms with E-state index in [1.54, 1.807) is 13.2 Å². The van der Waals surface area contributed by atoms with Crippen molar-refractivity contribution >= 4 is 11.6 Å². The van der Waals surface area contributed by atoms with Crippen molar-refractivity contribution in [2.75, 3.05) is 38.2 Å². The van der Waals surface area contributed by atoms with Gasteiger partial charge in [-0.15, -0.1) is 0 Å². The molecule has 30 heavy (non-hydrogen) atoms. The minimum atomic E-state index is -0.234. The van der Waals surface area contributed by atoms with Crippen LogP contribution in [0, 0.1) is 0 Å². The lowest BCUT2D eigenvalue weighted by atomic mass is 10.1. The number of methoxy groups -OCH3 is 1. The number of aromatic amines is 1. The summed E-state index contributed by atoms with van der Waals surface area (Å²) in [6.45, 7) is 2.52. The predicted octanol–water partition coefficient (Wildman–Crippen LogP) is 2.34. The molecule has 154 valence electrons. The Bertz CT molecular complexity index is 1060. The second kappa shape index (κ2) is 8.82. The maximum absolute atomic E-state index is 12.7. The van der Waals surface area contributed by atoms with Crippen LogP contribution in [0.1, 0.15) is 5.56 Å². The topological polar surface area (TPSA) is 78.5 Å². The fourth-order valence-electron chi connectivity index (χ4n) is 3.67. The molecule has 0 aliphatic carbocycles. The maximum atomic E-state index is 12.7. The molecule has 1 aromatic heterocycles. The number of rotatable bonds is 5. The van der Waals surface area contributed by atoms with Crippen molar-refractivity contribution in [1.82, 2.24) is 15.1 Å². The van der Waals surface area contributed by atoms with E-state index in [9.17, 15) is 9.59 Å². The van der Waals surface area contributed by atoms with Gasteiger partial charge in [-0.25, -0.2) is 5.10 Å². The van der Waals surface area contributed by atoms with E-state index >= 15 is 0 Å². The monoisotopic (exact) mass is 404 g/mol. The number of benzene rings is 2. The Hall–Kier alpha value is -3.61. The number of ether oxygens (including phenoxy) is 1. The van der Waals surface area contributed by atoms with Crippen LogP contribution in [0.2, 0.25) is 0 Å². The van der Waals surface area contributed by atoms with Gasteiger partial charge in [-0.2, -0.15) is 5.10 Å². The zero-order valence-electron chi connectivity index (χ0n) is 16.9. The van der Waals surface area contributed by atoms with E-state index in [1.807, 2.05) is 59.5 Å². The maximum Gasteiger partial charge on any atom is 0.266 e. The lowest BCUT2D eigenvalue weighted by Crippen LogP contribution is -2.49. The smallest absolute Gasteiger partial charge is 0.266 e. The summed E-state index contributed by atoms with van der Waals surface area (Å²) in [5, 5.41) is 6.81. The number of anilines is 1. The first kappa shape index (κ1) is 19.7. The van der Waals surface area contributed by atoms with Crippen molar-refractivity contribution in [3.05, 3.63) is 76.6 Å². The van der Waals surface area contributed by atoms with E-state index < -0.39 is 0 Å². The van der Waals surface area contributed by atoms with Gasteiger partial charge in [-0.05, 0) is 17.7 Å². The number of carbonyl (C=O) groups excluding carboxylic acids is 1. The van der Waals surface area contributed by atoms with Crippen LogP contribution >= 0.6 is 0 Å². The molecule has 1 saturated heterocycles. The number of H-pyrrole nitrogens is 1. The Kier molecular flexibility index (Phi) is 5.79.